The molecule has 1 fully saturated rings. The van der Waals surface area contributed by atoms with Gasteiger partial charge in [-0.05, 0) is 19.8 Å². The Hall–Kier alpha value is -1.56. The van der Waals surface area contributed by atoms with Gasteiger partial charge in [0.05, 0.1) is 5.60 Å². The van der Waals surface area contributed by atoms with Crippen molar-refractivity contribution in [1.29, 1.82) is 0 Å². The lowest BCUT2D eigenvalue weighted by Crippen LogP contribution is -2.42. The van der Waals surface area contributed by atoms with Crippen molar-refractivity contribution in [3.8, 4) is 0 Å². The van der Waals surface area contributed by atoms with E-state index in [-0.39, 0.29) is 5.95 Å². The highest BCUT2D eigenvalue weighted by atomic mass is 16.3. The Kier molecular flexibility index (Phi) is 2.59. The third kappa shape index (κ3) is 2.33. The van der Waals surface area contributed by atoms with Crippen LogP contribution in [0.3, 0.4) is 0 Å². The molecule has 1 aliphatic rings. The summed E-state index contributed by atoms with van der Waals surface area (Å²) in [4.78, 5) is 10.0. The van der Waals surface area contributed by atoms with Gasteiger partial charge in [-0.25, -0.2) is 0 Å². The lowest BCUT2D eigenvalue weighted by Gasteiger charge is -2.36. The molecule has 88 valence electrons. The molecule has 0 amide bonds. The summed E-state index contributed by atoms with van der Waals surface area (Å²) < 4.78 is 0. The first kappa shape index (κ1) is 10.9. The molecule has 0 saturated carbocycles. The predicted molar refractivity (Wildman–Crippen MR) is 62.9 cm³/mol. The highest BCUT2D eigenvalue weighted by Crippen LogP contribution is 2.25. The van der Waals surface area contributed by atoms with Gasteiger partial charge >= 0.3 is 0 Å². The van der Waals surface area contributed by atoms with Gasteiger partial charge in [0.15, 0.2) is 0 Å². The maximum atomic E-state index is 9.84. The Morgan fingerprint density at radius 3 is 2.50 bits per heavy atom. The van der Waals surface area contributed by atoms with Gasteiger partial charge in [0.1, 0.15) is 11.6 Å². The molecule has 6 nitrogen and oxygen atoms in total. The summed E-state index contributed by atoms with van der Waals surface area (Å²) in [5.41, 5.74) is 10.6. The molecule has 6 heteroatoms. The molecule has 1 saturated heterocycles. The smallest absolute Gasteiger partial charge is 0.223 e. The van der Waals surface area contributed by atoms with Crippen LogP contribution in [-0.2, 0) is 0 Å². The van der Waals surface area contributed by atoms with Gasteiger partial charge in [0.25, 0.3) is 0 Å². The van der Waals surface area contributed by atoms with Gasteiger partial charge in [0.2, 0.25) is 5.95 Å². The average Bonchev–Trinajstić information content (AvgIpc) is 2.15. The number of anilines is 3. The number of hydrogen-bond donors (Lipinski definition) is 3. The van der Waals surface area contributed by atoms with Crippen LogP contribution in [0.2, 0.25) is 0 Å². The molecule has 2 heterocycles. The summed E-state index contributed by atoms with van der Waals surface area (Å²) in [5, 5.41) is 9.84. The first-order valence-electron chi connectivity index (χ1n) is 5.34. The van der Waals surface area contributed by atoms with E-state index in [1.54, 1.807) is 6.07 Å². The SMILES string of the molecule is CC1(O)CCN(c2cc(N)nc(N)n2)CC1. The van der Waals surface area contributed by atoms with E-state index in [2.05, 4.69) is 14.9 Å². The van der Waals surface area contributed by atoms with Crippen LogP contribution in [0.5, 0.6) is 0 Å². The average molecular weight is 223 g/mol. The van der Waals surface area contributed by atoms with Crippen molar-refractivity contribution in [1.82, 2.24) is 9.97 Å². The summed E-state index contributed by atoms with van der Waals surface area (Å²) >= 11 is 0. The summed E-state index contributed by atoms with van der Waals surface area (Å²) in [6, 6.07) is 1.70. The number of aromatic nitrogens is 2. The van der Waals surface area contributed by atoms with E-state index in [0.29, 0.717) is 5.82 Å². The Labute approximate surface area is 94.3 Å². The Morgan fingerprint density at radius 1 is 1.31 bits per heavy atom. The molecule has 1 aliphatic heterocycles. The van der Waals surface area contributed by atoms with E-state index in [1.165, 1.54) is 0 Å². The fraction of sp³-hybridized carbons (Fsp3) is 0.600. The van der Waals surface area contributed by atoms with Crippen LogP contribution in [0.25, 0.3) is 0 Å². The van der Waals surface area contributed by atoms with Gasteiger partial charge < -0.3 is 21.5 Å². The fourth-order valence-electron chi connectivity index (χ4n) is 1.85. The van der Waals surface area contributed by atoms with Crippen LogP contribution < -0.4 is 16.4 Å². The van der Waals surface area contributed by atoms with Gasteiger partial charge in [0, 0.05) is 19.2 Å². The normalized spacial score (nSPS) is 19.8. The highest BCUT2D eigenvalue weighted by molar-refractivity contribution is 5.50. The topological polar surface area (TPSA) is 101 Å². The monoisotopic (exact) mass is 223 g/mol. The number of nitrogens with zero attached hydrogens (tertiary/aromatic N) is 3. The first-order valence-corrected chi connectivity index (χ1v) is 5.34. The third-order valence-electron chi connectivity index (χ3n) is 2.91. The minimum Gasteiger partial charge on any atom is -0.390 e. The van der Waals surface area contributed by atoms with Crippen molar-refractivity contribution in [3.63, 3.8) is 0 Å². The quantitative estimate of drug-likeness (QED) is 0.619. The molecular formula is C10H17N5O. The largest absolute Gasteiger partial charge is 0.390 e. The number of piperidine rings is 1. The van der Waals surface area contributed by atoms with Gasteiger partial charge in [-0.2, -0.15) is 9.97 Å². The van der Waals surface area contributed by atoms with Gasteiger partial charge in [-0.1, -0.05) is 0 Å². The van der Waals surface area contributed by atoms with Crippen LogP contribution in [-0.4, -0.2) is 33.8 Å². The van der Waals surface area contributed by atoms with Gasteiger partial charge in [-0.3, -0.25) is 0 Å². The molecule has 1 aromatic heterocycles. The van der Waals surface area contributed by atoms with Crippen molar-refractivity contribution < 1.29 is 5.11 Å². The standard InChI is InChI=1S/C10H17N5O/c1-10(16)2-4-15(5-3-10)8-6-7(11)13-9(12)14-8/h6,16H,2-5H2,1H3,(H4,11,12,13,14). The minimum absolute atomic E-state index is 0.187. The molecule has 1 aromatic rings. The molecule has 0 spiro atoms. The maximum absolute atomic E-state index is 9.84. The Bertz CT molecular complexity index is 363. The zero-order chi connectivity index (χ0) is 11.8. The molecule has 2 rings (SSSR count). The second-order valence-corrected chi connectivity index (χ2v) is 4.49. The molecule has 0 aromatic carbocycles. The number of nitrogens with two attached hydrogens (primary N) is 2. The van der Waals surface area contributed by atoms with Crippen LogP contribution in [0.4, 0.5) is 17.6 Å². The molecule has 0 bridgehead atoms. The lowest BCUT2D eigenvalue weighted by atomic mass is 9.94. The molecular weight excluding hydrogens is 206 g/mol. The molecule has 0 unspecified atom stereocenters. The predicted octanol–water partition coefficient (Wildman–Crippen LogP) is -0.00780. The van der Waals surface area contributed by atoms with E-state index in [0.717, 1.165) is 31.7 Å². The van der Waals surface area contributed by atoms with E-state index in [4.69, 9.17) is 11.5 Å². The van der Waals surface area contributed by atoms with Crippen molar-refractivity contribution in [2.45, 2.75) is 25.4 Å². The second kappa shape index (κ2) is 3.79. The Morgan fingerprint density at radius 2 is 1.94 bits per heavy atom. The van der Waals surface area contributed by atoms with Crippen molar-refractivity contribution in [2.24, 2.45) is 0 Å². The van der Waals surface area contributed by atoms with Crippen molar-refractivity contribution in [3.05, 3.63) is 6.07 Å². The molecule has 16 heavy (non-hydrogen) atoms. The third-order valence-corrected chi connectivity index (χ3v) is 2.91. The fourth-order valence-corrected chi connectivity index (χ4v) is 1.85. The second-order valence-electron chi connectivity index (χ2n) is 4.49. The zero-order valence-electron chi connectivity index (χ0n) is 9.35. The summed E-state index contributed by atoms with van der Waals surface area (Å²) in [6.07, 6.45) is 1.44. The van der Waals surface area contributed by atoms with E-state index >= 15 is 0 Å². The number of nitrogen functional groups attached to an aromatic ring is 2. The van der Waals surface area contributed by atoms with E-state index in [1.807, 2.05) is 6.92 Å². The zero-order valence-corrected chi connectivity index (χ0v) is 9.35. The minimum atomic E-state index is -0.569. The van der Waals surface area contributed by atoms with E-state index in [9.17, 15) is 5.11 Å². The van der Waals surface area contributed by atoms with Crippen LogP contribution >= 0.6 is 0 Å². The Balaban J connectivity index is 2.14. The molecule has 0 atom stereocenters. The molecule has 0 radical (unpaired) electrons. The summed E-state index contributed by atoms with van der Waals surface area (Å²) in [5.74, 6) is 1.30. The van der Waals surface area contributed by atoms with Crippen molar-refractivity contribution in [2.75, 3.05) is 29.5 Å². The van der Waals surface area contributed by atoms with Crippen LogP contribution in [0.1, 0.15) is 19.8 Å². The molecule has 5 N–H and O–H groups in total. The number of aliphatic hydroxyl groups is 1. The number of rotatable bonds is 1. The number of hydrogen-bond acceptors (Lipinski definition) is 6. The summed E-state index contributed by atoms with van der Waals surface area (Å²) in [7, 11) is 0. The maximum Gasteiger partial charge on any atom is 0.223 e. The van der Waals surface area contributed by atoms with Crippen molar-refractivity contribution >= 4 is 17.6 Å². The summed E-state index contributed by atoms with van der Waals surface area (Å²) in [6.45, 7) is 3.36. The van der Waals surface area contributed by atoms with Crippen LogP contribution in [0, 0.1) is 0 Å². The van der Waals surface area contributed by atoms with Gasteiger partial charge in [-0.15, -0.1) is 0 Å². The highest BCUT2D eigenvalue weighted by Gasteiger charge is 2.28. The van der Waals surface area contributed by atoms with Crippen LogP contribution in [0.15, 0.2) is 6.07 Å². The first-order chi connectivity index (χ1) is 7.46. The lowest BCUT2D eigenvalue weighted by molar-refractivity contribution is 0.0350. The molecule has 0 aliphatic carbocycles. The van der Waals surface area contributed by atoms with E-state index < -0.39 is 5.60 Å².